The van der Waals surface area contributed by atoms with Crippen LogP contribution in [0, 0.1) is 0 Å². The molecule has 3 rings (SSSR count). The van der Waals surface area contributed by atoms with Crippen molar-refractivity contribution in [3.8, 4) is 0 Å². The van der Waals surface area contributed by atoms with E-state index in [-0.39, 0.29) is 11.5 Å². The van der Waals surface area contributed by atoms with Crippen molar-refractivity contribution >= 4 is 11.7 Å². The lowest BCUT2D eigenvalue weighted by Crippen LogP contribution is -2.36. The van der Waals surface area contributed by atoms with Crippen LogP contribution in [0.5, 0.6) is 0 Å². The molecule has 3 heterocycles. The fourth-order valence-electron chi connectivity index (χ4n) is 2.34. The summed E-state index contributed by atoms with van der Waals surface area (Å²) in [6.07, 6.45) is 3.16. The van der Waals surface area contributed by atoms with Gasteiger partial charge in [-0.25, -0.2) is 4.98 Å². The zero-order valence-electron chi connectivity index (χ0n) is 12.6. The molecule has 7 nitrogen and oxygen atoms in total. The summed E-state index contributed by atoms with van der Waals surface area (Å²) >= 11 is 0. The van der Waals surface area contributed by atoms with Crippen molar-refractivity contribution in [3.05, 3.63) is 58.1 Å². The summed E-state index contributed by atoms with van der Waals surface area (Å²) in [4.78, 5) is 32.0. The van der Waals surface area contributed by atoms with Gasteiger partial charge in [-0.2, -0.15) is 0 Å². The van der Waals surface area contributed by atoms with E-state index in [2.05, 4.69) is 20.2 Å². The molecule has 0 bridgehead atoms. The van der Waals surface area contributed by atoms with Gasteiger partial charge in [0.25, 0.3) is 5.91 Å². The van der Waals surface area contributed by atoms with E-state index in [9.17, 15) is 9.59 Å². The Labute approximate surface area is 133 Å². The SMILES string of the molecule is O=C(NCc1ccc(N2CCOCC2)nc1)c1ccc(=O)[nH]c1. The predicted octanol–water partition coefficient (Wildman–Crippen LogP) is 0.536. The highest BCUT2D eigenvalue weighted by molar-refractivity contribution is 5.93. The van der Waals surface area contributed by atoms with Crippen molar-refractivity contribution in [2.45, 2.75) is 6.54 Å². The number of rotatable bonds is 4. The number of carbonyl (C=O) groups excluding carboxylic acids is 1. The fraction of sp³-hybridized carbons (Fsp3) is 0.312. The largest absolute Gasteiger partial charge is 0.378 e. The third-order valence-corrected chi connectivity index (χ3v) is 3.64. The molecule has 0 atom stereocenters. The van der Waals surface area contributed by atoms with Crippen molar-refractivity contribution in [2.24, 2.45) is 0 Å². The molecule has 0 unspecified atom stereocenters. The minimum absolute atomic E-state index is 0.232. The van der Waals surface area contributed by atoms with Gasteiger partial charge in [0.2, 0.25) is 5.56 Å². The maximum atomic E-state index is 12.0. The number of anilines is 1. The monoisotopic (exact) mass is 314 g/mol. The van der Waals surface area contributed by atoms with E-state index in [0.29, 0.717) is 12.1 Å². The van der Waals surface area contributed by atoms with Crippen molar-refractivity contribution in [2.75, 3.05) is 31.2 Å². The molecular weight excluding hydrogens is 296 g/mol. The minimum Gasteiger partial charge on any atom is -0.378 e. The minimum atomic E-state index is -0.237. The molecule has 2 aromatic heterocycles. The molecule has 120 valence electrons. The summed E-state index contributed by atoms with van der Waals surface area (Å²) in [5, 5.41) is 2.80. The molecule has 7 heteroatoms. The Morgan fingerprint density at radius 3 is 2.74 bits per heavy atom. The maximum absolute atomic E-state index is 12.0. The van der Waals surface area contributed by atoms with Gasteiger partial charge in [-0.1, -0.05) is 6.07 Å². The molecule has 0 spiro atoms. The zero-order valence-corrected chi connectivity index (χ0v) is 12.6. The molecule has 1 saturated heterocycles. The number of aromatic nitrogens is 2. The van der Waals surface area contributed by atoms with Crippen LogP contribution in [0.15, 0.2) is 41.5 Å². The van der Waals surface area contributed by atoms with Gasteiger partial charge in [-0.05, 0) is 17.7 Å². The second kappa shape index (κ2) is 7.06. The van der Waals surface area contributed by atoms with Crippen LogP contribution in [0.25, 0.3) is 0 Å². The quantitative estimate of drug-likeness (QED) is 0.860. The van der Waals surface area contributed by atoms with Gasteiger partial charge in [0, 0.05) is 38.1 Å². The van der Waals surface area contributed by atoms with Gasteiger partial charge in [0.1, 0.15) is 5.82 Å². The first kappa shape index (κ1) is 15.2. The summed E-state index contributed by atoms with van der Waals surface area (Å²) in [6.45, 7) is 3.51. The summed E-state index contributed by atoms with van der Waals surface area (Å²) in [5.41, 5.74) is 1.10. The molecule has 2 N–H and O–H groups in total. The smallest absolute Gasteiger partial charge is 0.253 e. The summed E-state index contributed by atoms with van der Waals surface area (Å²) < 4.78 is 5.32. The Bertz CT molecular complexity index is 700. The Kier molecular flexibility index (Phi) is 4.68. The molecule has 1 amide bonds. The van der Waals surface area contributed by atoms with Gasteiger partial charge in [-0.3, -0.25) is 9.59 Å². The normalized spacial score (nSPS) is 14.5. The summed E-state index contributed by atoms with van der Waals surface area (Å²) in [5.74, 6) is 0.683. The first-order chi connectivity index (χ1) is 11.2. The maximum Gasteiger partial charge on any atom is 0.253 e. The Hall–Kier alpha value is -2.67. The van der Waals surface area contributed by atoms with Crippen molar-refractivity contribution in [3.63, 3.8) is 0 Å². The highest BCUT2D eigenvalue weighted by Crippen LogP contribution is 2.13. The highest BCUT2D eigenvalue weighted by Gasteiger charge is 2.12. The number of nitrogens with zero attached hydrogens (tertiary/aromatic N) is 2. The third-order valence-electron chi connectivity index (χ3n) is 3.64. The number of morpholine rings is 1. The molecule has 0 radical (unpaired) electrons. The van der Waals surface area contributed by atoms with E-state index >= 15 is 0 Å². The number of nitrogens with one attached hydrogen (secondary N) is 2. The van der Waals surface area contributed by atoms with Crippen LogP contribution in [0.1, 0.15) is 15.9 Å². The lowest BCUT2D eigenvalue weighted by atomic mass is 10.2. The van der Waals surface area contributed by atoms with E-state index < -0.39 is 0 Å². The lowest BCUT2D eigenvalue weighted by molar-refractivity contribution is 0.0950. The molecule has 0 aliphatic carbocycles. The van der Waals surface area contributed by atoms with Gasteiger partial charge >= 0.3 is 0 Å². The summed E-state index contributed by atoms with van der Waals surface area (Å²) in [6, 6.07) is 6.72. The number of H-pyrrole nitrogens is 1. The molecular formula is C16H18N4O3. The van der Waals surface area contributed by atoms with Crippen molar-refractivity contribution in [1.82, 2.24) is 15.3 Å². The predicted molar refractivity (Wildman–Crippen MR) is 85.5 cm³/mol. The van der Waals surface area contributed by atoms with Gasteiger partial charge in [0.15, 0.2) is 0 Å². The first-order valence-corrected chi connectivity index (χ1v) is 7.47. The van der Waals surface area contributed by atoms with Crippen LogP contribution in [0.4, 0.5) is 5.82 Å². The van der Waals surface area contributed by atoms with Crippen LogP contribution in [-0.2, 0) is 11.3 Å². The Morgan fingerprint density at radius 2 is 2.09 bits per heavy atom. The molecule has 23 heavy (non-hydrogen) atoms. The molecule has 1 fully saturated rings. The van der Waals surface area contributed by atoms with Gasteiger partial charge in [-0.15, -0.1) is 0 Å². The fourth-order valence-corrected chi connectivity index (χ4v) is 2.34. The summed E-state index contributed by atoms with van der Waals surface area (Å²) in [7, 11) is 0. The molecule has 2 aromatic rings. The molecule has 1 aliphatic rings. The Morgan fingerprint density at radius 1 is 1.26 bits per heavy atom. The second-order valence-electron chi connectivity index (χ2n) is 5.25. The van der Waals surface area contributed by atoms with Crippen LogP contribution in [0.2, 0.25) is 0 Å². The van der Waals surface area contributed by atoms with Crippen LogP contribution < -0.4 is 15.8 Å². The van der Waals surface area contributed by atoms with E-state index in [1.807, 2.05) is 12.1 Å². The number of aromatic amines is 1. The van der Waals surface area contributed by atoms with E-state index in [1.54, 1.807) is 6.20 Å². The highest BCUT2D eigenvalue weighted by atomic mass is 16.5. The van der Waals surface area contributed by atoms with Crippen LogP contribution in [-0.4, -0.2) is 42.2 Å². The number of hydrogen-bond donors (Lipinski definition) is 2. The molecule has 1 aliphatic heterocycles. The third kappa shape index (κ3) is 3.95. The van der Waals surface area contributed by atoms with Gasteiger partial charge in [0.05, 0.1) is 18.8 Å². The topological polar surface area (TPSA) is 87.3 Å². The van der Waals surface area contributed by atoms with Crippen LogP contribution in [0.3, 0.4) is 0 Å². The van der Waals surface area contributed by atoms with Crippen molar-refractivity contribution < 1.29 is 9.53 Å². The Balaban J connectivity index is 1.56. The average molecular weight is 314 g/mol. The number of amides is 1. The van der Waals surface area contributed by atoms with Crippen molar-refractivity contribution in [1.29, 1.82) is 0 Å². The first-order valence-electron chi connectivity index (χ1n) is 7.47. The number of pyridine rings is 2. The zero-order chi connectivity index (χ0) is 16.1. The second-order valence-corrected chi connectivity index (χ2v) is 5.25. The number of ether oxygens (including phenoxy) is 1. The van der Waals surface area contributed by atoms with E-state index in [4.69, 9.17) is 4.74 Å². The number of hydrogen-bond acceptors (Lipinski definition) is 5. The number of carbonyl (C=O) groups is 1. The van der Waals surface area contributed by atoms with Crippen LogP contribution >= 0.6 is 0 Å². The van der Waals surface area contributed by atoms with Gasteiger partial charge < -0.3 is 19.9 Å². The van der Waals surface area contributed by atoms with E-state index in [1.165, 1.54) is 18.3 Å². The standard InChI is InChI=1S/C16H18N4O3/c21-15-4-2-13(11-18-15)16(22)19-10-12-1-3-14(17-9-12)20-5-7-23-8-6-20/h1-4,9,11H,5-8,10H2,(H,18,21)(H,19,22). The molecule has 0 saturated carbocycles. The lowest BCUT2D eigenvalue weighted by Gasteiger charge is -2.27. The molecule has 0 aromatic carbocycles. The van der Waals surface area contributed by atoms with E-state index in [0.717, 1.165) is 37.7 Å². The average Bonchev–Trinajstić information content (AvgIpc) is 2.61.